The van der Waals surface area contributed by atoms with Gasteiger partial charge in [-0.1, -0.05) is 30.3 Å². The molecule has 182 valence electrons. The van der Waals surface area contributed by atoms with E-state index in [9.17, 15) is 0 Å². The molecule has 0 N–H and O–H groups in total. The number of hydrogen-bond donors (Lipinski definition) is 0. The third-order valence-corrected chi connectivity index (χ3v) is 6.39. The molecule has 2 aromatic rings. The average molecular weight is 467 g/mol. The molecule has 0 bridgehead atoms. The minimum atomic E-state index is 0.305. The van der Waals surface area contributed by atoms with E-state index in [2.05, 4.69) is 54.6 Å². The van der Waals surface area contributed by atoms with Crippen molar-refractivity contribution in [1.82, 2.24) is 0 Å². The SMILES string of the molecule is C1=C(c2ccc(OCCOCC3CO3)cc2)CCC(c2ccc(OCCOCC3CO3)cc2)C1. The van der Waals surface area contributed by atoms with Gasteiger partial charge >= 0.3 is 0 Å². The lowest BCUT2D eigenvalue weighted by Crippen LogP contribution is -2.10. The molecule has 2 aliphatic heterocycles. The van der Waals surface area contributed by atoms with Crippen LogP contribution in [0.3, 0.4) is 0 Å². The van der Waals surface area contributed by atoms with Gasteiger partial charge in [0.05, 0.1) is 39.6 Å². The van der Waals surface area contributed by atoms with Crippen LogP contribution in [0.15, 0.2) is 54.6 Å². The summed E-state index contributed by atoms with van der Waals surface area (Å²) >= 11 is 0. The lowest BCUT2D eigenvalue weighted by Gasteiger charge is -2.23. The molecule has 3 unspecified atom stereocenters. The number of epoxide rings is 2. The Balaban J connectivity index is 1.03. The molecule has 0 saturated carbocycles. The molecule has 5 rings (SSSR count). The maximum atomic E-state index is 5.78. The summed E-state index contributed by atoms with van der Waals surface area (Å²) in [5.41, 5.74) is 4.09. The van der Waals surface area contributed by atoms with Gasteiger partial charge in [0.2, 0.25) is 0 Å². The highest BCUT2D eigenvalue weighted by molar-refractivity contribution is 5.67. The molecule has 0 radical (unpaired) electrons. The van der Waals surface area contributed by atoms with E-state index in [1.54, 1.807) is 0 Å². The van der Waals surface area contributed by atoms with E-state index in [0.717, 1.165) is 44.0 Å². The predicted octanol–water partition coefficient (Wildman–Crippen LogP) is 4.63. The van der Waals surface area contributed by atoms with Crippen LogP contribution in [0, 0.1) is 0 Å². The van der Waals surface area contributed by atoms with E-state index >= 15 is 0 Å². The quantitative estimate of drug-likeness (QED) is 0.299. The van der Waals surface area contributed by atoms with Gasteiger partial charge in [-0.3, -0.25) is 0 Å². The first-order valence-electron chi connectivity index (χ1n) is 12.4. The molecule has 1 aliphatic carbocycles. The lowest BCUT2D eigenvalue weighted by molar-refractivity contribution is 0.0878. The first-order chi connectivity index (χ1) is 16.8. The van der Waals surface area contributed by atoms with E-state index in [1.165, 1.54) is 16.7 Å². The molecular formula is C28H34O6. The first kappa shape index (κ1) is 23.4. The van der Waals surface area contributed by atoms with Crippen molar-refractivity contribution >= 4 is 5.57 Å². The van der Waals surface area contributed by atoms with Crippen LogP contribution in [0.4, 0.5) is 0 Å². The smallest absolute Gasteiger partial charge is 0.119 e. The van der Waals surface area contributed by atoms with Crippen LogP contribution in [0.2, 0.25) is 0 Å². The van der Waals surface area contributed by atoms with Crippen molar-refractivity contribution in [3.8, 4) is 11.5 Å². The Bertz CT molecular complexity index is 915. The van der Waals surface area contributed by atoms with Crippen molar-refractivity contribution in [1.29, 1.82) is 0 Å². The monoisotopic (exact) mass is 466 g/mol. The van der Waals surface area contributed by atoms with Crippen LogP contribution in [0.5, 0.6) is 11.5 Å². The van der Waals surface area contributed by atoms with E-state index in [0.29, 0.717) is 57.8 Å². The minimum absolute atomic E-state index is 0.305. The fourth-order valence-electron chi connectivity index (χ4n) is 4.20. The van der Waals surface area contributed by atoms with E-state index < -0.39 is 0 Å². The number of rotatable bonds is 14. The van der Waals surface area contributed by atoms with Gasteiger partial charge in [-0.2, -0.15) is 0 Å². The molecule has 3 atom stereocenters. The van der Waals surface area contributed by atoms with Gasteiger partial charge in [-0.05, 0) is 66.1 Å². The number of benzene rings is 2. The first-order valence-corrected chi connectivity index (χ1v) is 12.4. The van der Waals surface area contributed by atoms with Gasteiger partial charge in [-0.15, -0.1) is 0 Å². The zero-order valence-electron chi connectivity index (χ0n) is 19.7. The summed E-state index contributed by atoms with van der Waals surface area (Å²) in [5, 5.41) is 0. The van der Waals surface area contributed by atoms with Crippen LogP contribution in [-0.4, -0.2) is 65.1 Å². The zero-order chi connectivity index (χ0) is 23.0. The van der Waals surface area contributed by atoms with Crippen molar-refractivity contribution in [2.24, 2.45) is 0 Å². The maximum Gasteiger partial charge on any atom is 0.119 e. The standard InChI is InChI=1S/C28H34O6/c1-2-22(24-7-11-26(12-8-24)32-16-14-30-18-28-20-34-28)4-3-21(1)23-5-9-25(10-6-23)31-15-13-29-17-27-19-33-27/h1,5-12,22,27-28H,2-4,13-20H2. The summed E-state index contributed by atoms with van der Waals surface area (Å²) in [6.07, 6.45) is 6.31. The summed E-state index contributed by atoms with van der Waals surface area (Å²) in [4.78, 5) is 0. The molecule has 2 saturated heterocycles. The Hall–Kier alpha value is -2.38. The van der Waals surface area contributed by atoms with Gasteiger partial charge in [-0.25, -0.2) is 0 Å². The Labute approximate surface area is 201 Å². The molecular weight excluding hydrogens is 432 g/mol. The molecule has 6 nitrogen and oxygen atoms in total. The Morgan fingerprint density at radius 2 is 1.26 bits per heavy atom. The molecule has 2 heterocycles. The summed E-state index contributed by atoms with van der Waals surface area (Å²) in [5.74, 6) is 2.34. The predicted molar refractivity (Wildman–Crippen MR) is 130 cm³/mol. The van der Waals surface area contributed by atoms with Crippen LogP contribution in [0.25, 0.3) is 5.57 Å². The Kier molecular flexibility index (Phi) is 8.14. The van der Waals surface area contributed by atoms with Crippen molar-refractivity contribution in [3.63, 3.8) is 0 Å². The topological polar surface area (TPSA) is 62.0 Å². The van der Waals surface area contributed by atoms with Crippen molar-refractivity contribution in [2.75, 3.05) is 52.9 Å². The molecule has 0 amide bonds. The lowest BCUT2D eigenvalue weighted by atomic mass is 9.83. The molecule has 0 aromatic heterocycles. The van der Waals surface area contributed by atoms with Crippen LogP contribution in [0.1, 0.15) is 36.3 Å². The van der Waals surface area contributed by atoms with E-state index in [4.69, 9.17) is 28.4 Å². The van der Waals surface area contributed by atoms with E-state index in [1.807, 2.05) is 0 Å². The highest BCUT2D eigenvalue weighted by Crippen LogP contribution is 2.36. The number of allylic oxidation sites excluding steroid dienone is 2. The fraction of sp³-hybridized carbons (Fsp3) is 0.500. The normalized spacial score (nSPS) is 23.3. The Morgan fingerprint density at radius 1 is 0.706 bits per heavy atom. The molecule has 2 aromatic carbocycles. The van der Waals surface area contributed by atoms with Crippen LogP contribution in [-0.2, 0) is 18.9 Å². The summed E-state index contributed by atoms with van der Waals surface area (Å²) in [7, 11) is 0. The van der Waals surface area contributed by atoms with Crippen molar-refractivity contribution in [3.05, 3.63) is 65.7 Å². The number of ether oxygens (including phenoxy) is 6. The molecule has 0 spiro atoms. The van der Waals surface area contributed by atoms with Crippen molar-refractivity contribution in [2.45, 2.75) is 37.4 Å². The highest BCUT2D eigenvalue weighted by atomic mass is 16.6. The van der Waals surface area contributed by atoms with Gasteiger partial charge in [0, 0.05) is 0 Å². The van der Waals surface area contributed by atoms with Gasteiger partial charge in [0.15, 0.2) is 0 Å². The maximum absolute atomic E-state index is 5.78. The zero-order valence-corrected chi connectivity index (χ0v) is 19.7. The minimum Gasteiger partial charge on any atom is -0.491 e. The van der Waals surface area contributed by atoms with Crippen LogP contribution < -0.4 is 9.47 Å². The highest BCUT2D eigenvalue weighted by Gasteiger charge is 2.22. The van der Waals surface area contributed by atoms with E-state index in [-0.39, 0.29) is 0 Å². The third kappa shape index (κ3) is 7.31. The second-order valence-electron chi connectivity index (χ2n) is 9.05. The van der Waals surface area contributed by atoms with Gasteiger partial charge in [0.1, 0.15) is 36.9 Å². The third-order valence-electron chi connectivity index (χ3n) is 6.39. The average Bonchev–Trinajstić information content (AvgIpc) is 3.81. The molecule has 34 heavy (non-hydrogen) atoms. The largest absolute Gasteiger partial charge is 0.491 e. The second kappa shape index (κ2) is 11.8. The van der Waals surface area contributed by atoms with Gasteiger partial charge < -0.3 is 28.4 Å². The Morgan fingerprint density at radius 3 is 1.76 bits per heavy atom. The molecule has 6 heteroatoms. The molecule has 3 aliphatic rings. The summed E-state index contributed by atoms with van der Waals surface area (Å²) < 4.78 is 32.8. The van der Waals surface area contributed by atoms with Crippen molar-refractivity contribution < 1.29 is 28.4 Å². The second-order valence-corrected chi connectivity index (χ2v) is 9.05. The fourth-order valence-corrected chi connectivity index (χ4v) is 4.20. The molecule has 2 fully saturated rings. The summed E-state index contributed by atoms with van der Waals surface area (Å²) in [6.45, 7) is 5.30. The van der Waals surface area contributed by atoms with Gasteiger partial charge in [0.25, 0.3) is 0 Å². The summed E-state index contributed by atoms with van der Waals surface area (Å²) in [6, 6.07) is 17.0. The number of hydrogen-bond acceptors (Lipinski definition) is 6. The van der Waals surface area contributed by atoms with Crippen LogP contribution >= 0.6 is 0 Å².